The van der Waals surface area contributed by atoms with E-state index in [-0.39, 0.29) is 5.92 Å². The summed E-state index contributed by atoms with van der Waals surface area (Å²) in [6.45, 7) is 8.18. The SMILES string of the molecule is COc1c(C)cnc(CC(Cc2ncc(C)c(OC)c2C)c2ccccn2)c1C. The Morgan fingerprint density at radius 3 is 1.69 bits per heavy atom. The van der Waals surface area contributed by atoms with Gasteiger partial charge < -0.3 is 9.47 Å². The molecule has 0 fully saturated rings. The van der Waals surface area contributed by atoms with Crippen LogP contribution in [0, 0.1) is 27.7 Å². The third kappa shape index (κ3) is 4.39. The molecule has 29 heavy (non-hydrogen) atoms. The molecule has 5 nitrogen and oxygen atoms in total. The Morgan fingerprint density at radius 1 is 0.759 bits per heavy atom. The number of aryl methyl sites for hydroxylation is 2. The minimum Gasteiger partial charge on any atom is -0.496 e. The van der Waals surface area contributed by atoms with Gasteiger partial charge in [-0.1, -0.05) is 6.07 Å². The van der Waals surface area contributed by atoms with Crippen LogP contribution in [0.1, 0.15) is 45.3 Å². The lowest BCUT2D eigenvalue weighted by molar-refractivity contribution is 0.405. The van der Waals surface area contributed by atoms with E-state index in [2.05, 4.69) is 24.9 Å². The van der Waals surface area contributed by atoms with Crippen molar-refractivity contribution in [2.75, 3.05) is 14.2 Å². The summed E-state index contributed by atoms with van der Waals surface area (Å²) in [6, 6.07) is 6.05. The molecule has 3 aromatic rings. The Kier molecular flexibility index (Phi) is 6.47. The Balaban J connectivity index is 2.00. The Labute approximate surface area is 173 Å². The van der Waals surface area contributed by atoms with Gasteiger partial charge in [-0.05, 0) is 52.7 Å². The fourth-order valence-electron chi connectivity index (χ4n) is 3.92. The van der Waals surface area contributed by atoms with Crippen LogP contribution in [0.25, 0.3) is 0 Å². The lowest BCUT2D eigenvalue weighted by Crippen LogP contribution is -2.13. The highest BCUT2D eigenvalue weighted by Crippen LogP contribution is 2.31. The summed E-state index contributed by atoms with van der Waals surface area (Å²) in [6.07, 6.45) is 7.13. The van der Waals surface area contributed by atoms with E-state index in [0.29, 0.717) is 0 Å². The molecule has 0 bridgehead atoms. The molecule has 152 valence electrons. The van der Waals surface area contributed by atoms with Gasteiger partial charge in [0.25, 0.3) is 0 Å². The highest BCUT2D eigenvalue weighted by molar-refractivity contribution is 5.43. The second-order valence-electron chi connectivity index (χ2n) is 7.45. The molecule has 0 aromatic carbocycles. The van der Waals surface area contributed by atoms with Crippen molar-refractivity contribution in [3.63, 3.8) is 0 Å². The van der Waals surface area contributed by atoms with Crippen LogP contribution >= 0.6 is 0 Å². The molecule has 0 unspecified atom stereocenters. The van der Waals surface area contributed by atoms with Crippen molar-refractivity contribution in [3.8, 4) is 11.5 Å². The van der Waals surface area contributed by atoms with Gasteiger partial charge in [0, 0.05) is 63.8 Å². The van der Waals surface area contributed by atoms with Gasteiger partial charge in [0.1, 0.15) is 11.5 Å². The number of hydrogen-bond acceptors (Lipinski definition) is 5. The average Bonchev–Trinajstić information content (AvgIpc) is 2.72. The molecule has 0 aliphatic rings. The van der Waals surface area contributed by atoms with Gasteiger partial charge in [-0.3, -0.25) is 15.0 Å². The predicted octanol–water partition coefficient (Wildman–Crippen LogP) is 4.69. The largest absolute Gasteiger partial charge is 0.496 e. The number of aromatic nitrogens is 3. The molecule has 0 amide bonds. The third-order valence-electron chi connectivity index (χ3n) is 5.49. The first kappa shape index (κ1) is 20.8. The number of nitrogens with zero attached hydrogens (tertiary/aromatic N) is 3. The van der Waals surface area contributed by atoms with Crippen LogP contribution in [0.5, 0.6) is 11.5 Å². The number of hydrogen-bond donors (Lipinski definition) is 0. The first-order chi connectivity index (χ1) is 14.0. The maximum absolute atomic E-state index is 5.60. The number of methoxy groups -OCH3 is 2. The number of rotatable bonds is 7. The summed E-state index contributed by atoms with van der Waals surface area (Å²) in [4.78, 5) is 14.1. The Hall–Kier alpha value is -2.95. The summed E-state index contributed by atoms with van der Waals surface area (Å²) in [7, 11) is 3.42. The maximum atomic E-state index is 5.60. The summed E-state index contributed by atoms with van der Waals surface area (Å²) in [5.74, 6) is 1.95. The summed E-state index contributed by atoms with van der Waals surface area (Å²) in [5.41, 5.74) is 7.35. The molecule has 0 aliphatic carbocycles. The molecule has 3 heterocycles. The van der Waals surface area contributed by atoms with Crippen LogP contribution < -0.4 is 9.47 Å². The normalized spacial score (nSPS) is 11.0. The van der Waals surface area contributed by atoms with E-state index in [9.17, 15) is 0 Å². The molecule has 0 atom stereocenters. The van der Waals surface area contributed by atoms with E-state index in [1.807, 2.05) is 44.6 Å². The van der Waals surface area contributed by atoms with Crippen LogP contribution in [-0.4, -0.2) is 29.2 Å². The van der Waals surface area contributed by atoms with E-state index in [0.717, 1.165) is 63.7 Å². The standard InChI is InChI=1S/C24H29N3O2/c1-15-13-26-21(17(3)23(15)28-5)11-19(20-9-7-8-10-25-20)12-22-18(4)24(29-6)16(2)14-27-22/h7-10,13-14,19H,11-12H2,1-6H3. The molecule has 3 rings (SSSR count). The van der Waals surface area contributed by atoms with Gasteiger partial charge >= 0.3 is 0 Å². The Bertz CT molecular complexity index is 926. The molecular formula is C24H29N3O2. The van der Waals surface area contributed by atoms with E-state index >= 15 is 0 Å². The molecule has 0 aliphatic heterocycles. The minimum atomic E-state index is 0.147. The van der Waals surface area contributed by atoms with Gasteiger partial charge in [-0.2, -0.15) is 0 Å². The second-order valence-corrected chi connectivity index (χ2v) is 7.45. The molecule has 0 saturated heterocycles. The molecule has 0 spiro atoms. The van der Waals surface area contributed by atoms with E-state index in [1.54, 1.807) is 14.2 Å². The van der Waals surface area contributed by atoms with Crippen molar-refractivity contribution in [2.24, 2.45) is 0 Å². The smallest absolute Gasteiger partial charge is 0.128 e. The highest BCUT2D eigenvalue weighted by Gasteiger charge is 2.21. The average molecular weight is 392 g/mol. The van der Waals surface area contributed by atoms with E-state index < -0.39 is 0 Å². The van der Waals surface area contributed by atoms with Gasteiger partial charge in [0.15, 0.2) is 0 Å². The fraction of sp³-hybridized carbons (Fsp3) is 0.375. The summed E-state index contributed by atoms with van der Waals surface area (Å²) >= 11 is 0. The zero-order chi connectivity index (χ0) is 21.0. The maximum Gasteiger partial charge on any atom is 0.128 e. The van der Waals surface area contributed by atoms with Crippen LogP contribution in [0.15, 0.2) is 36.8 Å². The topological polar surface area (TPSA) is 57.1 Å². The van der Waals surface area contributed by atoms with Crippen molar-refractivity contribution >= 4 is 0 Å². The zero-order valence-corrected chi connectivity index (χ0v) is 18.1. The van der Waals surface area contributed by atoms with Crippen molar-refractivity contribution in [1.29, 1.82) is 0 Å². The van der Waals surface area contributed by atoms with Gasteiger partial charge in [0.2, 0.25) is 0 Å². The molecule has 0 N–H and O–H groups in total. The van der Waals surface area contributed by atoms with Crippen LogP contribution in [0.4, 0.5) is 0 Å². The molecule has 0 saturated carbocycles. The predicted molar refractivity (Wildman–Crippen MR) is 115 cm³/mol. The van der Waals surface area contributed by atoms with Crippen LogP contribution in [-0.2, 0) is 12.8 Å². The summed E-state index contributed by atoms with van der Waals surface area (Å²) in [5, 5.41) is 0. The highest BCUT2D eigenvalue weighted by atomic mass is 16.5. The van der Waals surface area contributed by atoms with Gasteiger partial charge in [-0.25, -0.2) is 0 Å². The van der Waals surface area contributed by atoms with Gasteiger partial charge in [0.05, 0.1) is 14.2 Å². The number of pyridine rings is 3. The molecule has 5 heteroatoms. The molecule has 3 aromatic heterocycles. The van der Waals surface area contributed by atoms with Crippen molar-refractivity contribution in [1.82, 2.24) is 15.0 Å². The van der Waals surface area contributed by atoms with Crippen molar-refractivity contribution in [2.45, 2.75) is 46.5 Å². The van der Waals surface area contributed by atoms with Crippen LogP contribution in [0.2, 0.25) is 0 Å². The first-order valence-corrected chi connectivity index (χ1v) is 9.85. The van der Waals surface area contributed by atoms with Crippen molar-refractivity contribution in [3.05, 3.63) is 76.1 Å². The molecular weight excluding hydrogens is 362 g/mol. The third-order valence-corrected chi connectivity index (χ3v) is 5.49. The minimum absolute atomic E-state index is 0.147. The summed E-state index contributed by atoms with van der Waals surface area (Å²) < 4.78 is 11.2. The quantitative estimate of drug-likeness (QED) is 0.585. The molecule has 0 radical (unpaired) electrons. The fourth-order valence-corrected chi connectivity index (χ4v) is 3.92. The monoisotopic (exact) mass is 391 g/mol. The zero-order valence-electron chi connectivity index (χ0n) is 18.1. The van der Waals surface area contributed by atoms with E-state index in [1.165, 1.54) is 0 Å². The number of ether oxygens (including phenoxy) is 2. The van der Waals surface area contributed by atoms with Crippen molar-refractivity contribution < 1.29 is 9.47 Å². The lowest BCUT2D eigenvalue weighted by Gasteiger charge is -2.20. The van der Waals surface area contributed by atoms with Gasteiger partial charge in [-0.15, -0.1) is 0 Å². The van der Waals surface area contributed by atoms with E-state index in [4.69, 9.17) is 19.4 Å². The Morgan fingerprint density at radius 2 is 1.28 bits per heavy atom. The first-order valence-electron chi connectivity index (χ1n) is 9.85. The second kappa shape index (κ2) is 9.03. The van der Waals surface area contributed by atoms with Crippen LogP contribution in [0.3, 0.4) is 0 Å². The lowest BCUT2D eigenvalue weighted by atomic mass is 9.90.